The molecule has 3 aliphatic carbocycles. The van der Waals surface area contributed by atoms with E-state index in [-0.39, 0.29) is 11.7 Å². The monoisotopic (exact) mass is 579 g/mol. The molecular weight excluding hydrogens is 530 g/mol. The lowest BCUT2D eigenvalue weighted by Gasteiger charge is -2.45. The SMILES string of the molecule is CCCN(C)C[C@]1(O)CC[C@H]2c3ccc(cc3C(=O)c3ccc(-c4ccccc4)cc3)C[C@@H](O)CCC(C)=CCC[C@@]21C. The molecule has 228 valence electrons. The van der Waals surface area contributed by atoms with E-state index in [2.05, 4.69) is 63.1 Å². The molecule has 4 nitrogen and oxygen atoms in total. The standard InChI is InChI=1S/C39H49NO3/c1-5-24-40(4)27-39(43)23-21-36-34-20-14-29(25-33(41)19-13-28(2)10-9-22-38(36,39)3)26-35(34)37(42)32-17-15-31(16-18-32)30-11-7-6-8-12-30/h6-8,10-12,14-18,20,26,33,36,41,43H,5,9,13,19,21-25,27H2,1-4H3/t33-,36-,38-,39+/m0/s1. The highest BCUT2D eigenvalue weighted by Crippen LogP contribution is 2.58. The van der Waals surface area contributed by atoms with Crippen LogP contribution in [0.3, 0.4) is 0 Å². The molecular formula is C39H49NO3. The van der Waals surface area contributed by atoms with Crippen molar-refractivity contribution in [2.75, 3.05) is 20.1 Å². The van der Waals surface area contributed by atoms with Gasteiger partial charge < -0.3 is 15.1 Å². The molecule has 0 spiro atoms. The summed E-state index contributed by atoms with van der Waals surface area (Å²) in [4.78, 5) is 16.6. The second kappa shape index (κ2) is 13.3. The maximum atomic E-state index is 14.3. The second-order valence-corrected chi connectivity index (χ2v) is 13.5. The largest absolute Gasteiger partial charge is 0.393 e. The lowest BCUT2D eigenvalue weighted by atomic mass is 9.64. The molecule has 43 heavy (non-hydrogen) atoms. The molecule has 0 aromatic heterocycles. The summed E-state index contributed by atoms with van der Waals surface area (Å²) in [5, 5.41) is 23.3. The Morgan fingerprint density at radius 3 is 2.42 bits per heavy atom. The van der Waals surface area contributed by atoms with Crippen molar-refractivity contribution in [2.24, 2.45) is 5.41 Å². The van der Waals surface area contributed by atoms with Crippen LogP contribution in [0.15, 0.2) is 84.4 Å². The van der Waals surface area contributed by atoms with Crippen molar-refractivity contribution < 1.29 is 15.0 Å². The van der Waals surface area contributed by atoms with Crippen LogP contribution >= 0.6 is 0 Å². The summed E-state index contributed by atoms with van der Waals surface area (Å²) in [6, 6.07) is 24.4. The van der Waals surface area contributed by atoms with Crippen LogP contribution in [0.2, 0.25) is 0 Å². The summed E-state index contributed by atoms with van der Waals surface area (Å²) in [5.41, 5.74) is 5.64. The Morgan fingerprint density at radius 1 is 0.977 bits per heavy atom. The van der Waals surface area contributed by atoms with Gasteiger partial charge in [-0.3, -0.25) is 4.79 Å². The molecule has 0 unspecified atom stereocenters. The van der Waals surface area contributed by atoms with Gasteiger partial charge in [0.05, 0.1) is 11.7 Å². The highest BCUT2D eigenvalue weighted by Gasteiger charge is 2.57. The molecule has 3 aromatic rings. The minimum atomic E-state index is -0.854. The molecule has 6 rings (SSSR count). The van der Waals surface area contributed by atoms with Crippen molar-refractivity contribution in [3.8, 4) is 11.1 Å². The highest BCUT2D eigenvalue weighted by molar-refractivity contribution is 6.10. The molecule has 4 atom stereocenters. The molecule has 0 amide bonds. The van der Waals surface area contributed by atoms with Gasteiger partial charge in [-0.2, -0.15) is 0 Å². The van der Waals surface area contributed by atoms with Gasteiger partial charge in [0.1, 0.15) is 0 Å². The van der Waals surface area contributed by atoms with Crippen LogP contribution in [0, 0.1) is 5.41 Å². The molecule has 1 fully saturated rings. The average Bonchev–Trinajstić information content (AvgIpc) is 3.25. The lowest BCUT2D eigenvalue weighted by molar-refractivity contribution is -0.0799. The van der Waals surface area contributed by atoms with Crippen molar-refractivity contribution in [2.45, 2.75) is 89.8 Å². The van der Waals surface area contributed by atoms with Gasteiger partial charge >= 0.3 is 0 Å². The Labute approximate surface area is 258 Å². The van der Waals surface area contributed by atoms with E-state index < -0.39 is 17.1 Å². The summed E-state index contributed by atoms with van der Waals surface area (Å²) in [6.07, 6.45) is 8.22. The molecule has 2 N–H and O–H groups in total. The number of benzene rings is 3. The van der Waals surface area contributed by atoms with Crippen molar-refractivity contribution in [3.05, 3.63) is 107 Å². The number of carbonyl (C=O) groups is 1. The van der Waals surface area contributed by atoms with E-state index in [0.29, 0.717) is 36.9 Å². The van der Waals surface area contributed by atoms with Crippen LogP contribution in [0.25, 0.3) is 11.1 Å². The summed E-state index contributed by atoms with van der Waals surface area (Å²) >= 11 is 0. The van der Waals surface area contributed by atoms with Crippen molar-refractivity contribution in [1.29, 1.82) is 0 Å². The number of nitrogens with zero attached hydrogens (tertiary/aromatic N) is 1. The lowest BCUT2D eigenvalue weighted by Crippen LogP contribution is -2.51. The zero-order chi connectivity index (χ0) is 30.6. The molecule has 1 saturated carbocycles. The normalized spacial score (nSPS) is 26.2. The number of rotatable bonds is 7. The first-order valence-electron chi connectivity index (χ1n) is 16.2. The van der Waals surface area contributed by atoms with E-state index >= 15 is 0 Å². The zero-order valence-corrected chi connectivity index (χ0v) is 26.5. The number of aliphatic hydroxyl groups excluding tert-OH is 1. The molecule has 2 bridgehead atoms. The predicted octanol–water partition coefficient (Wildman–Crippen LogP) is 7.96. The summed E-state index contributed by atoms with van der Waals surface area (Å²) in [7, 11) is 2.11. The van der Waals surface area contributed by atoms with Crippen molar-refractivity contribution in [3.63, 3.8) is 0 Å². The number of aliphatic hydroxyl groups is 2. The fraction of sp³-hybridized carbons (Fsp3) is 0.462. The number of hydrogen-bond donors (Lipinski definition) is 2. The minimum Gasteiger partial charge on any atom is -0.393 e. The van der Waals surface area contributed by atoms with Gasteiger partial charge in [0.2, 0.25) is 0 Å². The van der Waals surface area contributed by atoms with Crippen LogP contribution in [0.5, 0.6) is 0 Å². The molecule has 4 heteroatoms. The van der Waals surface area contributed by atoms with E-state index in [1.54, 1.807) is 0 Å². The number of allylic oxidation sites excluding steroid dienone is 2. The Hall–Kier alpha value is -3.05. The number of hydrogen-bond acceptors (Lipinski definition) is 4. The molecule has 0 radical (unpaired) electrons. The van der Waals surface area contributed by atoms with Crippen LogP contribution in [0.4, 0.5) is 0 Å². The van der Waals surface area contributed by atoms with Gasteiger partial charge in [-0.15, -0.1) is 0 Å². The summed E-state index contributed by atoms with van der Waals surface area (Å²) < 4.78 is 0. The third kappa shape index (κ3) is 6.72. The molecule has 0 saturated heterocycles. The van der Waals surface area contributed by atoms with E-state index in [0.717, 1.165) is 60.9 Å². The summed E-state index contributed by atoms with van der Waals surface area (Å²) in [6.45, 7) is 8.17. The zero-order valence-electron chi connectivity index (χ0n) is 26.5. The van der Waals surface area contributed by atoms with E-state index in [1.807, 2.05) is 48.5 Å². The van der Waals surface area contributed by atoms with Gasteiger partial charge in [0, 0.05) is 23.1 Å². The fourth-order valence-corrected chi connectivity index (χ4v) is 7.70. The maximum Gasteiger partial charge on any atom is 0.193 e. The quantitative estimate of drug-likeness (QED) is 0.220. The third-order valence-corrected chi connectivity index (χ3v) is 10.3. The topological polar surface area (TPSA) is 60.8 Å². The average molecular weight is 580 g/mol. The van der Waals surface area contributed by atoms with Gasteiger partial charge in [-0.1, -0.05) is 92.2 Å². The van der Waals surface area contributed by atoms with Gasteiger partial charge in [0.15, 0.2) is 5.78 Å². The van der Waals surface area contributed by atoms with Crippen LogP contribution in [-0.2, 0) is 6.42 Å². The minimum absolute atomic E-state index is 0.00896. The smallest absolute Gasteiger partial charge is 0.193 e. The van der Waals surface area contributed by atoms with Gasteiger partial charge in [-0.25, -0.2) is 0 Å². The number of fused-ring (bicyclic) bond motifs is 8. The fourth-order valence-electron chi connectivity index (χ4n) is 7.70. The summed E-state index contributed by atoms with van der Waals surface area (Å²) in [5.74, 6) is 0.0559. The third-order valence-electron chi connectivity index (χ3n) is 10.3. The Morgan fingerprint density at radius 2 is 1.70 bits per heavy atom. The van der Waals surface area contributed by atoms with Crippen molar-refractivity contribution >= 4 is 5.78 Å². The van der Waals surface area contributed by atoms with Gasteiger partial charge in [-0.05, 0) is 106 Å². The Balaban J connectivity index is 1.57. The maximum absolute atomic E-state index is 14.3. The number of ketones is 1. The molecule has 0 heterocycles. The van der Waals surface area contributed by atoms with E-state index in [9.17, 15) is 15.0 Å². The Kier molecular flexibility index (Phi) is 9.70. The second-order valence-electron chi connectivity index (χ2n) is 13.5. The highest BCUT2D eigenvalue weighted by atomic mass is 16.3. The van der Waals surface area contributed by atoms with Crippen LogP contribution < -0.4 is 0 Å². The number of likely N-dealkylation sites (N-methyl/N-ethyl adjacent to an activating group) is 1. The number of carbonyl (C=O) groups excluding carboxylic acids is 1. The molecule has 0 aliphatic heterocycles. The van der Waals surface area contributed by atoms with Gasteiger partial charge in [0.25, 0.3) is 0 Å². The molecule has 3 aliphatic rings. The van der Waals surface area contributed by atoms with Crippen LogP contribution in [-0.4, -0.2) is 52.7 Å². The predicted molar refractivity (Wildman–Crippen MR) is 177 cm³/mol. The first kappa shape index (κ1) is 31.4. The molecule has 3 aromatic carbocycles. The van der Waals surface area contributed by atoms with Crippen LogP contribution in [0.1, 0.15) is 98.7 Å². The first-order chi connectivity index (χ1) is 20.6. The van der Waals surface area contributed by atoms with E-state index in [4.69, 9.17) is 0 Å². The van der Waals surface area contributed by atoms with Crippen molar-refractivity contribution in [1.82, 2.24) is 4.90 Å². The van der Waals surface area contributed by atoms with E-state index in [1.165, 1.54) is 5.57 Å². The Bertz CT molecular complexity index is 1430. The first-order valence-corrected chi connectivity index (χ1v) is 16.2.